The number of ether oxygens (including phenoxy) is 1. The second-order valence-corrected chi connectivity index (χ2v) is 8.26. The molecule has 1 amide bonds. The molecule has 1 fully saturated rings. The van der Waals surface area contributed by atoms with Gasteiger partial charge in [-0.3, -0.25) is 4.79 Å². The van der Waals surface area contributed by atoms with Crippen LogP contribution in [0.3, 0.4) is 0 Å². The molecule has 0 spiro atoms. The number of methoxy groups -OCH3 is 1. The summed E-state index contributed by atoms with van der Waals surface area (Å²) in [5.74, 6) is 0.428. The molecule has 1 aliphatic rings. The SMILES string of the molecule is COc1ccc(C(C)NC(=O)/C(C#N)=C\NC2CCCCCCCCCCC2)cc1. The van der Waals surface area contributed by atoms with Crippen LogP contribution >= 0.6 is 0 Å². The van der Waals surface area contributed by atoms with E-state index in [2.05, 4.69) is 16.7 Å². The maximum Gasteiger partial charge on any atom is 0.263 e. The summed E-state index contributed by atoms with van der Waals surface area (Å²) >= 11 is 0. The third kappa shape index (κ3) is 8.49. The number of carbonyl (C=O) groups is 1. The molecular formula is C25H37N3O2. The Bertz CT molecular complexity index is 694. The number of rotatable bonds is 6. The van der Waals surface area contributed by atoms with Gasteiger partial charge in [0.2, 0.25) is 0 Å². The molecule has 164 valence electrons. The topological polar surface area (TPSA) is 74.1 Å². The number of carbonyl (C=O) groups excluding carboxylic acids is 1. The molecule has 30 heavy (non-hydrogen) atoms. The molecule has 0 aromatic heterocycles. The van der Waals surface area contributed by atoms with Crippen molar-refractivity contribution in [1.29, 1.82) is 5.26 Å². The first-order chi connectivity index (χ1) is 14.6. The Labute approximate surface area is 181 Å². The number of nitrogens with zero attached hydrogens (tertiary/aromatic N) is 1. The number of hydrogen-bond donors (Lipinski definition) is 2. The minimum absolute atomic E-state index is 0.126. The highest BCUT2D eigenvalue weighted by atomic mass is 16.5. The van der Waals surface area contributed by atoms with Crippen LogP contribution in [0.25, 0.3) is 0 Å². The van der Waals surface area contributed by atoms with E-state index < -0.39 is 0 Å². The lowest BCUT2D eigenvalue weighted by molar-refractivity contribution is -0.117. The maximum absolute atomic E-state index is 12.6. The summed E-state index contributed by atoms with van der Waals surface area (Å²) < 4.78 is 5.17. The van der Waals surface area contributed by atoms with Crippen molar-refractivity contribution in [2.45, 2.75) is 89.6 Å². The Morgan fingerprint density at radius 3 is 2.07 bits per heavy atom. The summed E-state index contributed by atoms with van der Waals surface area (Å²) in [7, 11) is 1.62. The fraction of sp³-hybridized carbons (Fsp3) is 0.600. The van der Waals surface area contributed by atoms with Crippen LogP contribution in [0, 0.1) is 11.3 Å². The van der Waals surface area contributed by atoms with Gasteiger partial charge in [0.15, 0.2) is 0 Å². The van der Waals surface area contributed by atoms with Crippen molar-refractivity contribution in [2.24, 2.45) is 0 Å². The molecule has 2 rings (SSSR count). The van der Waals surface area contributed by atoms with Crippen LogP contribution in [-0.2, 0) is 4.79 Å². The highest BCUT2D eigenvalue weighted by Crippen LogP contribution is 2.19. The minimum atomic E-state index is -0.346. The predicted molar refractivity (Wildman–Crippen MR) is 121 cm³/mol. The first-order valence-electron chi connectivity index (χ1n) is 11.4. The summed E-state index contributed by atoms with van der Waals surface area (Å²) in [5, 5.41) is 15.8. The average Bonchev–Trinajstić information content (AvgIpc) is 2.75. The lowest BCUT2D eigenvalue weighted by Crippen LogP contribution is -2.30. The van der Waals surface area contributed by atoms with Gasteiger partial charge in [-0.1, -0.05) is 69.9 Å². The van der Waals surface area contributed by atoms with Gasteiger partial charge in [-0.05, 0) is 37.5 Å². The van der Waals surface area contributed by atoms with Gasteiger partial charge >= 0.3 is 0 Å². The van der Waals surface area contributed by atoms with Crippen molar-refractivity contribution in [3.8, 4) is 11.8 Å². The van der Waals surface area contributed by atoms with E-state index in [9.17, 15) is 10.1 Å². The second kappa shape index (κ2) is 13.7. The van der Waals surface area contributed by atoms with Crippen LogP contribution in [0.1, 0.15) is 89.2 Å². The van der Waals surface area contributed by atoms with Crippen molar-refractivity contribution in [3.63, 3.8) is 0 Å². The van der Waals surface area contributed by atoms with Gasteiger partial charge in [0.05, 0.1) is 13.2 Å². The highest BCUT2D eigenvalue weighted by molar-refractivity contribution is 5.97. The molecule has 1 aliphatic carbocycles. The van der Waals surface area contributed by atoms with Gasteiger partial charge in [0.25, 0.3) is 5.91 Å². The van der Waals surface area contributed by atoms with Crippen LogP contribution in [0.2, 0.25) is 0 Å². The van der Waals surface area contributed by atoms with Crippen LogP contribution in [0.15, 0.2) is 36.0 Å². The summed E-state index contributed by atoms with van der Waals surface area (Å²) in [4.78, 5) is 12.6. The van der Waals surface area contributed by atoms with Crippen LogP contribution < -0.4 is 15.4 Å². The minimum Gasteiger partial charge on any atom is -0.497 e. The molecule has 0 heterocycles. The molecule has 0 radical (unpaired) electrons. The monoisotopic (exact) mass is 411 g/mol. The second-order valence-electron chi connectivity index (χ2n) is 8.26. The van der Waals surface area contributed by atoms with Crippen molar-refractivity contribution >= 4 is 5.91 Å². The zero-order chi connectivity index (χ0) is 21.6. The smallest absolute Gasteiger partial charge is 0.263 e. The molecular weight excluding hydrogens is 374 g/mol. The van der Waals surface area contributed by atoms with E-state index in [1.807, 2.05) is 31.2 Å². The quantitative estimate of drug-likeness (QED) is 0.476. The van der Waals surface area contributed by atoms with Gasteiger partial charge in [-0.25, -0.2) is 0 Å². The summed E-state index contributed by atoms with van der Waals surface area (Å²) in [6.07, 6.45) is 15.5. The van der Waals surface area contributed by atoms with Crippen molar-refractivity contribution in [2.75, 3.05) is 7.11 Å². The van der Waals surface area contributed by atoms with Gasteiger partial charge < -0.3 is 15.4 Å². The van der Waals surface area contributed by atoms with Crippen molar-refractivity contribution < 1.29 is 9.53 Å². The van der Waals surface area contributed by atoms with Gasteiger partial charge in [0, 0.05) is 12.2 Å². The molecule has 2 N–H and O–H groups in total. The third-order valence-corrected chi connectivity index (χ3v) is 5.90. The zero-order valence-electron chi connectivity index (χ0n) is 18.6. The molecule has 0 saturated heterocycles. The van der Waals surface area contributed by atoms with Crippen molar-refractivity contribution in [1.82, 2.24) is 10.6 Å². The van der Waals surface area contributed by atoms with E-state index in [1.54, 1.807) is 13.3 Å². The summed E-state index contributed by atoms with van der Waals surface area (Å²) in [5.41, 5.74) is 1.09. The number of nitrogens with one attached hydrogen (secondary N) is 2. The molecule has 1 aromatic rings. The molecule has 1 saturated carbocycles. The Morgan fingerprint density at radius 2 is 1.57 bits per heavy atom. The average molecular weight is 412 g/mol. The lowest BCUT2D eigenvalue weighted by Gasteiger charge is -2.19. The fourth-order valence-corrected chi connectivity index (χ4v) is 3.93. The van der Waals surface area contributed by atoms with E-state index in [0.717, 1.165) is 24.2 Å². The van der Waals surface area contributed by atoms with Gasteiger partial charge in [-0.2, -0.15) is 5.26 Å². The predicted octanol–water partition coefficient (Wildman–Crippen LogP) is 5.54. The first kappa shape index (κ1) is 23.8. The Kier molecular flexibility index (Phi) is 10.9. The molecule has 1 aromatic carbocycles. The van der Waals surface area contributed by atoms with E-state index in [4.69, 9.17) is 4.74 Å². The Balaban J connectivity index is 1.91. The molecule has 1 unspecified atom stereocenters. The molecule has 1 atom stereocenters. The Hall–Kier alpha value is -2.48. The van der Waals surface area contributed by atoms with Crippen LogP contribution in [0.5, 0.6) is 5.75 Å². The largest absolute Gasteiger partial charge is 0.497 e. The fourth-order valence-electron chi connectivity index (χ4n) is 3.93. The van der Waals surface area contributed by atoms with E-state index >= 15 is 0 Å². The number of nitriles is 1. The Morgan fingerprint density at radius 1 is 1.03 bits per heavy atom. The third-order valence-electron chi connectivity index (χ3n) is 5.90. The number of benzene rings is 1. The molecule has 5 nitrogen and oxygen atoms in total. The maximum atomic E-state index is 12.6. The standard InChI is InChI=1S/C25H37N3O2/c1-20(21-14-16-24(30-2)17-15-21)28-25(29)22(18-26)19-27-23-12-10-8-6-4-3-5-7-9-11-13-23/h14-17,19-20,23,27H,3-13H2,1-2H3,(H,28,29)/b22-19-. The number of amides is 1. The molecule has 0 bridgehead atoms. The summed E-state index contributed by atoms with van der Waals surface area (Å²) in [6.45, 7) is 1.91. The zero-order valence-corrected chi connectivity index (χ0v) is 18.6. The van der Waals surface area contributed by atoms with E-state index in [-0.39, 0.29) is 17.5 Å². The van der Waals surface area contributed by atoms with Gasteiger partial charge in [-0.15, -0.1) is 0 Å². The van der Waals surface area contributed by atoms with Crippen molar-refractivity contribution in [3.05, 3.63) is 41.6 Å². The van der Waals surface area contributed by atoms with Crippen LogP contribution in [0.4, 0.5) is 0 Å². The van der Waals surface area contributed by atoms with E-state index in [1.165, 1.54) is 57.8 Å². The highest BCUT2D eigenvalue weighted by Gasteiger charge is 2.15. The number of hydrogen-bond acceptors (Lipinski definition) is 4. The van der Waals surface area contributed by atoms with Gasteiger partial charge in [0.1, 0.15) is 17.4 Å². The molecule has 5 heteroatoms. The van der Waals surface area contributed by atoms with Crippen LogP contribution in [-0.4, -0.2) is 19.1 Å². The lowest BCUT2D eigenvalue weighted by atomic mass is 9.98. The normalized spacial score (nSPS) is 18.2. The first-order valence-corrected chi connectivity index (χ1v) is 11.4. The summed E-state index contributed by atoms with van der Waals surface area (Å²) in [6, 6.07) is 9.76. The van der Waals surface area contributed by atoms with E-state index in [0.29, 0.717) is 6.04 Å². The molecule has 0 aliphatic heterocycles.